The van der Waals surface area contributed by atoms with Crippen molar-refractivity contribution in [2.75, 3.05) is 11.1 Å². The summed E-state index contributed by atoms with van der Waals surface area (Å²) in [6.07, 6.45) is 3.43. The maximum Gasteiger partial charge on any atom is 0.101 e. The molecule has 0 aliphatic carbocycles. The van der Waals surface area contributed by atoms with Crippen LogP contribution < -0.4 is 11.1 Å². The van der Waals surface area contributed by atoms with Crippen molar-refractivity contribution < 1.29 is 0 Å². The molecular weight excluding hydrogens is 284 g/mol. The van der Waals surface area contributed by atoms with E-state index < -0.39 is 0 Å². The molecule has 0 fully saturated rings. The van der Waals surface area contributed by atoms with Gasteiger partial charge in [-0.05, 0) is 36.4 Å². The molecule has 2 aromatic carbocycles. The van der Waals surface area contributed by atoms with Gasteiger partial charge >= 0.3 is 0 Å². The first-order valence-electron chi connectivity index (χ1n) is 6.28. The summed E-state index contributed by atoms with van der Waals surface area (Å²) in [5, 5.41) is 14.8. The van der Waals surface area contributed by atoms with Crippen molar-refractivity contribution in [1.29, 1.82) is 5.26 Å². The highest BCUT2D eigenvalue weighted by molar-refractivity contribution is 6.31. The summed E-state index contributed by atoms with van der Waals surface area (Å²) in [5.74, 6) is 0. The third-order valence-electron chi connectivity index (χ3n) is 3.22. The van der Waals surface area contributed by atoms with Crippen LogP contribution in [0.5, 0.6) is 0 Å². The Hall–Kier alpha value is -2.77. The number of pyridine rings is 1. The van der Waals surface area contributed by atoms with Crippen LogP contribution in [0, 0.1) is 11.3 Å². The lowest BCUT2D eigenvalue weighted by molar-refractivity contribution is 1.36. The van der Waals surface area contributed by atoms with Gasteiger partial charge in [0.1, 0.15) is 6.07 Å². The Labute approximate surface area is 126 Å². The molecule has 21 heavy (non-hydrogen) atoms. The van der Waals surface area contributed by atoms with Gasteiger partial charge in [0.2, 0.25) is 0 Å². The Bertz CT molecular complexity index is 868. The highest BCUT2D eigenvalue weighted by atomic mass is 35.5. The van der Waals surface area contributed by atoms with E-state index in [9.17, 15) is 5.26 Å². The summed E-state index contributed by atoms with van der Waals surface area (Å²) >= 11 is 6.00. The molecule has 1 aromatic heterocycles. The van der Waals surface area contributed by atoms with Gasteiger partial charge in [0.15, 0.2) is 0 Å². The van der Waals surface area contributed by atoms with Crippen LogP contribution in [-0.2, 0) is 0 Å². The van der Waals surface area contributed by atoms with E-state index in [1.54, 1.807) is 30.6 Å². The Morgan fingerprint density at radius 2 is 1.95 bits per heavy atom. The summed E-state index contributed by atoms with van der Waals surface area (Å²) in [7, 11) is 0. The first-order valence-corrected chi connectivity index (χ1v) is 6.66. The standard InChI is InChI=1S/C16H11ClN4/c17-11-2-1-10(8-18)16(7-11)21-15-4-3-14(19)13-9-20-6-5-12(13)15/h1-7,9,21H,19H2. The van der Waals surface area contributed by atoms with Crippen molar-refractivity contribution in [1.82, 2.24) is 4.98 Å². The van der Waals surface area contributed by atoms with E-state index in [4.69, 9.17) is 17.3 Å². The second-order valence-corrected chi connectivity index (χ2v) is 4.99. The zero-order valence-electron chi connectivity index (χ0n) is 11.0. The predicted octanol–water partition coefficient (Wildman–Crippen LogP) is 4.09. The minimum Gasteiger partial charge on any atom is -0.398 e. The lowest BCUT2D eigenvalue weighted by atomic mass is 10.1. The van der Waals surface area contributed by atoms with Crippen molar-refractivity contribution in [3.8, 4) is 6.07 Å². The number of halogens is 1. The summed E-state index contributed by atoms with van der Waals surface area (Å²) < 4.78 is 0. The number of nitriles is 1. The maximum atomic E-state index is 9.18. The molecule has 0 unspecified atom stereocenters. The molecule has 3 rings (SSSR count). The van der Waals surface area contributed by atoms with Gasteiger partial charge in [0, 0.05) is 39.6 Å². The topological polar surface area (TPSA) is 74.7 Å². The fourth-order valence-electron chi connectivity index (χ4n) is 2.18. The largest absolute Gasteiger partial charge is 0.398 e. The van der Waals surface area contributed by atoms with Crippen molar-refractivity contribution in [2.24, 2.45) is 0 Å². The second kappa shape index (κ2) is 5.31. The van der Waals surface area contributed by atoms with Crippen LogP contribution in [0.4, 0.5) is 17.1 Å². The quantitative estimate of drug-likeness (QED) is 0.698. The molecule has 0 spiro atoms. The van der Waals surface area contributed by atoms with Crippen LogP contribution in [0.1, 0.15) is 5.56 Å². The Morgan fingerprint density at radius 3 is 2.76 bits per heavy atom. The van der Waals surface area contributed by atoms with Crippen molar-refractivity contribution in [2.45, 2.75) is 0 Å². The number of nitrogens with zero attached hydrogens (tertiary/aromatic N) is 2. The Morgan fingerprint density at radius 1 is 1.10 bits per heavy atom. The lowest BCUT2D eigenvalue weighted by Gasteiger charge is -2.12. The molecule has 5 heteroatoms. The van der Waals surface area contributed by atoms with Gasteiger partial charge in [-0.15, -0.1) is 0 Å². The molecule has 0 aliphatic rings. The van der Waals surface area contributed by atoms with E-state index in [0.717, 1.165) is 16.5 Å². The Kier molecular flexibility index (Phi) is 3.35. The molecule has 4 nitrogen and oxygen atoms in total. The van der Waals surface area contributed by atoms with Gasteiger partial charge in [-0.25, -0.2) is 0 Å². The number of hydrogen-bond donors (Lipinski definition) is 2. The highest BCUT2D eigenvalue weighted by Crippen LogP contribution is 2.31. The molecular formula is C16H11ClN4. The van der Waals surface area contributed by atoms with Gasteiger partial charge in [-0.3, -0.25) is 4.98 Å². The molecule has 0 aliphatic heterocycles. The van der Waals surface area contributed by atoms with E-state index in [2.05, 4.69) is 16.4 Å². The number of anilines is 3. The maximum absolute atomic E-state index is 9.18. The van der Waals surface area contributed by atoms with Gasteiger partial charge in [-0.1, -0.05) is 11.6 Å². The van der Waals surface area contributed by atoms with Crippen molar-refractivity contribution in [3.05, 3.63) is 59.4 Å². The number of aromatic nitrogens is 1. The smallest absolute Gasteiger partial charge is 0.101 e. The minimum absolute atomic E-state index is 0.526. The molecule has 0 saturated carbocycles. The SMILES string of the molecule is N#Cc1ccc(Cl)cc1Nc1ccc(N)c2cnccc12. The third-order valence-corrected chi connectivity index (χ3v) is 3.46. The first-order chi connectivity index (χ1) is 10.2. The minimum atomic E-state index is 0.526. The van der Waals surface area contributed by atoms with Gasteiger partial charge in [-0.2, -0.15) is 5.26 Å². The zero-order chi connectivity index (χ0) is 14.8. The fourth-order valence-corrected chi connectivity index (χ4v) is 2.36. The molecule has 0 amide bonds. The van der Waals surface area contributed by atoms with Crippen molar-refractivity contribution in [3.63, 3.8) is 0 Å². The molecule has 0 saturated heterocycles. The summed E-state index contributed by atoms with van der Waals surface area (Å²) in [6.45, 7) is 0. The highest BCUT2D eigenvalue weighted by Gasteiger charge is 2.07. The summed E-state index contributed by atoms with van der Waals surface area (Å²) in [4.78, 5) is 4.09. The van der Waals surface area contributed by atoms with Crippen LogP contribution in [0.3, 0.4) is 0 Å². The molecule has 0 atom stereocenters. The van der Waals surface area contributed by atoms with Crippen LogP contribution in [0.2, 0.25) is 5.02 Å². The van der Waals surface area contributed by atoms with E-state index in [1.807, 2.05) is 18.2 Å². The van der Waals surface area contributed by atoms with Gasteiger partial charge < -0.3 is 11.1 Å². The van der Waals surface area contributed by atoms with Gasteiger partial charge in [0.25, 0.3) is 0 Å². The normalized spacial score (nSPS) is 10.3. The van der Waals surface area contributed by atoms with E-state index in [1.165, 1.54) is 0 Å². The summed E-state index contributed by atoms with van der Waals surface area (Å²) in [5.41, 5.74) is 8.65. The molecule has 1 heterocycles. The van der Waals surface area contributed by atoms with E-state index in [-0.39, 0.29) is 0 Å². The molecule has 0 bridgehead atoms. The van der Waals surface area contributed by atoms with Gasteiger partial charge in [0.05, 0.1) is 11.3 Å². The fraction of sp³-hybridized carbons (Fsp3) is 0. The number of nitrogens with one attached hydrogen (secondary N) is 1. The lowest BCUT2D eigenvalue weighted by Crippen LogP contribution is -1.96. The van der Waals surface area contributed by atoms with Crippen LogP contribution in [0.25, 0.3) is 10.8 Å². The molecule has 102 valence electrons. The third kappa shape index (κ3) is 2.47. The van der Waals surface area contributed by atoms with E-state index in [0.29, 0.717) is 22.0 Å². The number of nitrogen functional groups attached to an aromatic ring is 1. The van der Waals surface area contributed by atoms with Crippen LogP contribution >= 0.6 is 11.6 Å². The number of fused-ring (bicyclic) bond motifs is 1. The van der Waals surface area contributed by atoms with Crippen molar-refractivity contribution >= 4 is 39.4 Å². The molecule has 0 radical (unpaired) electrons. The number of nitrogens with two attached hydrogens (primary N) is 1. The molecule has 3 aromatic rings. The first kappa shape index (κ1) is 13.2. The van der Waals surface area contributed by atoms with E-state index >= 15 is 0 Å². The Balaban J connectivity index is 2.13. The zero-order valence-corrected chi connectivity index (χ0v) is 11.7. The second-order valence-electron chi connectivity index (χ2n) is 4.55. The number of hydrogen-bond acceptors (Lipinski definition) is 4. The summed E-state index contributed by atoms with van der Waals surface area (Å²) in [6, 6.07) is 12.8. The predicted molar refractivity (Wildman–Crippen MR) is 85.6 cm³/mol. The van der Waals surface area contributed by atoms with Crippen LogP contribution in [0.15, 0.2) is 48.8 Å². The average Bonchev–Trinajstić information content (AvgIpc) is 2.51. The van der Waals surface area contributed by atoms with Crippen LogP contribution in [-0.4, -0.2) is 4.98 Å². The molecule has 3 N–H and O–H groups in total. The number of rotatable bonds is 2. The average molecular weight is 295 g/mol. The monoisotopic (exact) mass is 294 g/mol. The number of benzene rings is 2.